The second kappa shape index (κ2) is 5.33. The molecule has 0 saturated carbocycles. The highest BCUT2D eigenvalue weighted by Crippen LogP contribution is 2.05. The third-order valence-corrected chi connectivity index (χ3v) is 2.87. The summed E-state index contributed by atoms with van der Waals surface area (Å²) in [5.74, 6) is -0.111. The van der Waals surface area contributed by atoms with Crippen LogP contribution in [0, 0.1) is 6.92 Å². The second-order valence-corrected chi connectivity index (χ2v) is 6.19. The maximum absolute atomic E-state index is 10.6. The lowest BCUT2D eigenvalue weighted by molar-refractivity contribution is 0.612. The number of hydrogen-bond acceptors (Lipinski definition) is 2. The van der Waals surface area contributed by atoms with Gasteiger partial charge in [0.05, 0.1) is 5.75 Å². The Kier molecular flexibility index (Phi) is 4.36. The molecule has 82 valence electrons. The SMILES string of the molecule is Cc1cccc(C/C=C\CS(=O)(=O)Cl)c1. The van der Waals surface area contributed by atoms with Crippen LogP contribution in [-0.2, 0) is 15.5 Å². The van der Waals surface area contributed by atoms with Crippen LogP contribution in [0.1, 0.15) is 11.1 Å². The molecular formula is C11H13ClO2S. The van der Waals surface area contributed by atoms with Crippen molar-refractivity contribution in [3.8, 4) is 0 Å². The molecular weight excluding hydrogens is 232 g/mol. The zero-order chi connectivity index (χ0) is 11.3. The number of rotatable bonds is 4. The Morgan fingerprint density at radius 3 is 2.67 bits per heavy atom. The number of benzene rings is 1. The molecule has 15 heavy (non-hydrogen) atoms. The first-order valence-electron chi connectivity index (χ1n) is 4.60. The lowest BCUT2D eigenvalue weighted by Gasteiger charge is -1.97. The molecule has 0 atom stereocenters. The van der Waals surface area contributed by atoms with Gasteiger partial charge in [-0.3, -0.25) is 0 Å². The van der Waals surface area contributed by atoms with Crippen molar-refractivity contribution in [1.29, 1.82) is 0 Å². The van der Waals surface area contributed by atoms with Crippen molar-refractivity contribution in [3.63, 3.8) is 0 Å². The van der Waals surface area contributed by atoms with Crippen molar-refractivity contribution in [3.05, 3.63) is 47.5 Å². The Labute approximate surface area is 95.0 Å². The molecule has 0 spiro atoms. The normalized spacial score (nSPS) is 12.1. The Hall–Kier alpha value is -0.800. The van der Waals surface area contributed by atoms with Crippen LogP contribution >= 0.6 is 10.7 Å². The Morgan fingerprint density at radius 1 is 1.33 bits per heavy atom. The van der Waals surface area contributed by atoms with Crippen molar-refractivity contribution >= 4 is 19.7 Å². The maximum atomic E-state index is 10.6. The molecule has 1 rings (SSSR count). The quantitative estimate of drug-likeness (QED) is 0.603. The average Bonchev–Trinajstić information content (AvgIpc) is 2.11. The van der Waals surface area contributed by atoms with Gasteiger partial charge in [-0.05, 0) is 18.9 Å². The van der Waals surface area contributed by atoms with E-state index in [0.717, 1.165) is 6.42 Å². The van der Waals surface area contributed by atoms with E-state index in [2.05, 4.69) is 6.07 Å². The van der Waals surface area contributed by atoms with Crippen molar-refractivity contribution < 1.29 is 8.42 Å². The summed E-state index contributed by atoms with van der Waals surface area (Å²) in [7, 11) is 1.66. The van der Waals surface area contributed by atoms with Gasteiger partial charge in [0.25, 0.3) is 0 Å². The monoisotopic (exact) mass is 244 g/mol. The zero-order valence-electron chi connectivity index (χ0n) is 8.48. The van der Waals surface area contributed by atoms with E-state index in [4.69, 9.17) is 10.7 Å². The van der Waals surface area contributed by atoms with E-state index in [0.29, 0.717) is 0 Å². The highest BCUT2D eigenvalue weighted by Gasteiger charge is 1.99. The molecule has 4 heteroatoms. The smallest absolute Gasteiger partial charge is 0.212 e. The van der Waals surface area contributed by atoms with Gasteiger partial charge in [0.1, 0.15) is 0 Å². The predicted molar refractivity (Wildman–Crippen MR) is 63.7 cm³/mol. The molecule has 0 aliphatic heterocycles. The van der Waals surface area contributed by atoms with Gasteiger partial charge in [-0.25, -0.2) is 8.42 Å². The van der Waals surface area contributed by atoms with Gasteiger partial charge in [0.2, 0.25) is 9.05 Å². The highest BCUT2D eigenvalue weighted by molar-refractivity contribution is 8.13. The molecule has 1 aromatic carbocycles. The van der Waals surface area contributed by atoms with E-state index in [-0.39, 0.29) is 5.75 Å². The van der Waals surface area contributed by atoms with Crippen LogP contribution in [0.2, 0.25) is 0 Å². The third kappa shape index (κ3) is 5.60. The molecule has 1 aromatic rings. The molecule has 0 aromatic heterocycles. The van der Waals surface area contributed by atoms with Gasteiger partial charge in [-0.2, -0.15) is 0 Å². The molecule has 0 fully saturated rings. The Balaban J connectivity index is 2.51. The first kappa shape index (κ1) is 12.3. The molecule has 0 N–H and O–H groups in total. The third-order valence-electron chi connectivity index (χ3n) is 1.90. The summed E-state index contributed by atoms with van der Waals surface area (Å²) in [6.45, 7) is 2.02. The fraction of sp³-hybridized carbons (Fsp3) is 0.273. The van der Waals surface area contributed by atoms with E-state index in [1.807, 2.05) is 31.2 Å². The first-order valence-corrected chi connectivity index (χ1v) is 7.08. The van der Waals surface area contributed by atoms with Crippen LogP contribution in [0.5, 0.6) is 0 Å². The molecule has 0 bridgehead atoms. The first-order chi connectivity index (χ1) is 6.97. The number of halogens is 1. The van der Waals surface area contributed by atoms with Crippen LogP contribution in [0.15, 0.2) is 36.4 Å². The lowest BCUT2D eigenvalue weighted by Crippen LogP contribution is -1.92. The van der Waals surface area contributed by atoms with Gasteiger partial charge in [0, 0.05) is 10.7 Å². The minimum absolute atomic E-state index is 0.111. The summed E-state index contributed by atoms with van der Waals surface area (Å²) >= 11 is 0. The summed E-state index contributed by atoms with van der Waals surface area (Å²) in [4.78, 5) is 0. The van der Waals surface area contributed by atoms with E-state index in [1.165, 1.54) is 11.1 Å². The van der Waals surface area contributed by atoms with E-state index in [9.17, 15) is 8.42 Å². The van der Waals surface area contributed by atoms with E-state index in [1.54, 1.807) is 6.08 Å². The van der Waals surface area contributed by atoms with Crippen LogP contribution in [-0.4, -0.2) is 14.2 Å². The minimum Gasteiger partial charge on any atom is -0.212 e. The summed E-state index contributed by atoms with van der Waals surface area (Å²) < 4.78 is 21.2. The fourth-order valence-corrected chi connectivity index (χ4v) is 1.83. The standard InChI is InChI=1S/C11H13ClO2S/c1-10-5-4-7-11(9-10)6-2-3-8-15(12,13)14/h2-5,7,9H,6,8H2,1H3/b3-2-. The van der Waals surface area contributed by atoms with Gasteiger partial charge >= 0.3 is 0 Å². The van der Waals surface area contributed by atoms with E-state index >= 15 is 0 Å². The van der Waals surface area contributed by atoms with Crippen molar-refractivity contribution in [2.45, 2.75) is 13.3 Å². The summed E-state index contributed by atoms with van der Waals surface area (Å²) in [5, 5.41) is 0. The summed E-state index contributed by atoms with van der Waals surface area (Å²) in [6.07, 6.45) is 4.12. The maximum Gasteiger partial charge on any atom is 0.236 e. The van der Waals surface area contributed by atoms with Crippen molar-refractivity contribution in [2.75, 3.05) is 5.75 Å². The molecule has 0 aliphatic rings. The molecule has 0 heterocycles. The molecule has 2 nitrogen and oxygen atoms in total. The number of allylic oxidation sites excluding steroid dienone is 1. The molecule has 0 amide bonds. The molecule has 0 radical (unpaired) electrons. The van der Waals surface area contributed by atoms with Gasteiger partial charge in [-0.15, -0.1) is 0 Å². The number of aryl methyl sites for hydroxylation is 1. The highest BCUT2D eigenvalue weighted by atomic mass is 35.7. The Bertz CT molecular complexity index is 449. The minimum atomic E-state index is -3.40. The summed E-state index contributed by atoms with van der Waals surface area (Å²) in [6, 6.07) is 8.08. The largest absolute Gasteiger partial charge is 0.236 e. The van der Waals surface area contributed by atoms with Crippen molar-refractivity contribution in [2.24, 2.45) is 0 Å². The van der Waals surface area contributed by atoms with Crippen LogP contribution in [0.25, 0.3) is 0 Å². The lowest BCUT2D eigenvalue weighted by atomic mass is 10.1. The molecule has 0 unspecified atom stereocenters. The van der Waals surface area contributed by atoms with Gasteiger partial charge in [0.15, 0.2) is 0 Å². The molecule has 0 aliphatic carbocycles. The zero-order valence-corrected chi connectivity index (χ0v) is 10.1. The fourth-order valence-electron chi connectivity index (χ4n) is 1.24. The van der Waals surface area contributed by atoms with Crippen LogP contribution < -0.4 is 0 Å². The van der Waals surface area contributed by atoms with Gasteiger partial charge < -0.3 is 0 Å². The Morgan fingerprint density at radius 2 is 2.07 bits per heavy atom. The molecule has 0 saturated heterocycles. The van der Waals surface area contributed by atoms with Crippen LogP contribution in [0.3, 0.4) is 0 Å². The average molecular weight is 245 g/mol. The van der Waals surface area contributed by atoms with Crippen LogP contribution in [0.4, 0.5) is 0 Å². The van der Waals surface area contributed by atoms with Crippen molar-refractivity contribution in [1.82, 2.24) is 0 Å². The summed E-state index contributed by atoms with van der Waals surface area (Å²) in [5.41, 5.74) is 2.36. The topological polar surface area (TPSA) is 34.1 Å². The predicted octanol–water partition coefficient (Wildman–Crippen LogP) is 2.66. The second-order valence-electron chi connectivity index (χ2n) is 3.37. The number of hydrogen-bond donors (Lipinski definition) is 0. The van der Waals surface area contributed by atoms with E-state index < -0.39 is 9.05 Å². The van der Waals surface area contributed by atoms with Gasteiger partial charge in [-0.1, -0.05) is 42.0 Å².